The monoisotopic (exact) mass is 201 g/mol. The van der Waals surface area contributed by atoms with Crippen LogP contribution in [-0.2, 0) is 0 Å². The Morgan fingerprint density at radius 1 is 1.20 bits per heavy atom. The second-order valence-corrected chi connectivity index (χ2v) is 3.14. The lowest BCUT2D eigenvalue weighted by Gasteiger charge is -2.01. The molecule has 0 radical (unpaired) electrons. The van der Waals surface area contributed by atoms with Gasteiger partial charge in [-0.3, -0.25) is 4.79 Å². The van der Waals surface area contributed by atoms with E-state index in [0.717, 1.165) is 11.3 Å². The molecule has 0 amide bonds. The molecule has 0 atom stereocenters. The van der Waals surface area contributed by atoms with Gasteiger partial charge in [0.15, 0.2) is 5.78 Å². The number of hydrogen-bond donors (Lipinski definition) is 0. The number of rotatable bonds is 3. The third-order valence-corrected chi connectivity index (χ3v) is 2.16. The van der Waals surface area contributed by atoms with Crippen molar-refractivity contribution in [3.8, 4) is 5.69 Å². The molecule has 0 saturated heterocycles. The summed E-state index contributed by atoms with van der Waals surface area (Å²) in [5, 5.41) is 8.00. The van der Waals surface area contributed by atoms with Crippen LogP contribution in [0.4, 0.5) is 0 Å². The molecular weight excluding hydrogens is 190 g/mol. The van der Waals surface area contributed by atoms with Gasteiger partial charge in [-0.1, -0.05) is 6.92 Å². The summed E-state index contributed by atoms with van der Waals surface area (Å²) in [7, 11) is 0. The lowest BCUT2D eigenvalue weighted by atomic mass is 10.1. The Balaban J connectivity index is 2.29. The minimum atomic E-state index is 0.148. The zero-order valence-corrected chi connectivity index (χ0v) is 8.42. The fourth-order valence-corrected chi connectivity index (χ4v) is 1.33. The van der Waals surface area contributed by atoms with Crippen LogP contribution in [0.1, 0.15) is 23.7 Å². The van der Waals surface area contributed by atoms with Gasteiger partial charge in [-0.2, -0.15) is 15.0 Å². The summed E-state index contributed by atoms with van der Waals surface area (Å²) in [4.78, 5) is 12.9. The van der Waals surface area contributed by atoms with E-state index in [4.69, 9.17) is 0 Å². The van der Waals surface area contributed by atoms with Crippen LogP contribution in [0.25, 0.3) is 5.69 Å². The molecule has 76 valence electrons. The zero-order valence-electron chi connectivity index (χ0n) is 8.42. The first-order valence-corrected chi connectivity index (χ1v) is 4.81. The normalized spacial score (nSPS) is 10.2. The first-order valence-electron chi connectivity index (χ1n) is 4.81. The Labute approximate surface area is 87.5 Å². The lowest BCUT2D eigenvalue weighted by Crippen LogP contribution is -2.00. The smallest absolute Gasteiger partial charge is 0.162 e. The summed E-state index contributed by atoms with van der Waals surface area (Å²) in [6.45, 7) is 1.85. The van der Waals surface area contributed by atoms with Gasteiger partial charge in [0.2, 0.25) is 0 Å². The van der Waals surface area contributed by atoms with Crippen molar-refractivity contribution in [1.29, 1.82) is 0 Å². The maximum absolute atomic E-state index is 11.4. The van der Waals surface area contributed by atoms with Crippen molar-refractivity contribution in [2.75, 3.05) is 0 Å². The second kappa shape index (κ2) is 4.04. The summed E-state index contributed by atoms with van der Waals surface area (Å²) in [6.07, 6.45) is 3.76. The van der Waals surface area contributed by atoms with Gasteiger partial charge < -0.3 is 0 Å². The lowest BCUT2D eigenvalue weighted by molar-refractivity contribution is 0.0988. The number of hydrogen-bond acceptors (Lipinski definition) is 3. The van der Waals surface area contributed by atoms with Gasteiger partial charge in [-0.05, 0) is 24.3 Å². The Morgan fingerprint density at radius 3 is 2.33 bits per heavy atom. The van der Waals surface area contributed by atoms with Gasteiger partial charge in [0.25, 0.3) is 0 Å². The van der Waals surface area contributed by atoms with E-state index in [1.54, 1.807) is 24.5 Å². The van der Waals surface area contributed by atoms with E-state index >= 15 is 0 Å². The van der Waals surface area contributed by atoms with E-state index in [9.17, 15) is 4.79 Å². The molecule has 2 rings (SSSR count). The highest BCUT2D eigenvalue weighted by Crippen LogP contribution is 2.08. The largest absolute Gasteiger partial charge is 0.294 e. The van der Waals surface area contributed by atoms with E-state index in [-0.39, 0.29) is 5.78 Å². The number of aromatic nitrogens is 3. The highest BCUT2D eigenvalue weighted by atomic mass is 16.1. The summed E-state index contributed by atoms with van der Waals surface area (Å²) in [5.41, 5.74) is 1.58. The minimum absolute atomic E-state index is 0.148. The summed E-state index contributed by atoms with van der Waals surface area (Å²) in [5.74, 6) is 0.148. The van der Waals surface area contributed by atoms with Crippen molar-refractivity contribution < 1.29 is 4.79 Å². The maximum Gasteiger partial charge on any atom is 0.162 e. The highest BCUT2D eigenvalue weighted by Gasteiger charge is 2.03. The van der Waals surface area contributed by atoms with Crippen molar-refractivity contribution in [3.05, 3.63) is 42.2 Å². The third-order valence-electron chi connectivity index (χ3n) is 2.16. The minimum Gasteiger partial charge on any atom is -0.294 e. The van der Waals surface area contributed by atoms with Crippen LogP contribution < -0.4 is 0 Å². The molecule has 0 saturated carbocycles. The van der Waals surface area contributed by atoms with Crippen LogP contribution in [0.2, 0.25) is 0 Å². The molecule has 0 unspecified atom stereocenters. The molecule has 0 fully saturated rings. The van der Waals surface area contributed by atoms with Crippen LogP contribution >= 0.6 is 0 Å². The molecule has 0 spiro atoms. The summed E-state index contributed by atoms with van der Waals surface area (Å²) in [6, 6.07) is 7.26. The summed E-state index contributed by atoms with van der Waals surface area (Å²) >= 11 is 0. The average Bonchev–Trinajstić information content (AvgIpc) is 2.82. The highest BCUT2D eigenvalue weighted by molar-refractivity contribution is 5.95. The molecule has 4 nitrogen and oxygen atoms in total. The topological polar surface area (TPSA) is 47.8 Å². The Morgan fingerprint density at radius 2 is 1.80 bits per heavy atom. The predicted molar refractivity (Wildman–Crippen MR) is 56.0 cm³/mol. The average molecular weight is 201 g/mol. The number of nitrogens with zero attached hydrogens (tertiary/aromatic N) is 3. The first kappa shape index (κ1) is 9.58. The molecule has 4 heteroatoms. The van der Waals surface area contributed by atoms with E-state index in [1.165, 1.54) is 4.80 Å². The Kier molecular flexibility index (Phi) is 2.58. The number of benzene rings is 1. The predicted octanol–water partition coefficient (Wildman–Crippen LogP) is 1.86. The SMILES string of the molecule is CCC(=O)c1ccc(-n2nccn2)cc1. The van der Waals surface area contributed by atoms with Crippen LogP contribution in [0.5, 0.6) is 0 Å². The summed E-state index contributed by atoms with van der Waals surface area (Å²) < 4.78 is 0. The van der Waals surface area contributed by atoms with Crippen molar-refractivity contribution in [2.45, 2.75) is 13.3 Å². The van der Waals surface area contributed by atoms with Crippen LogP contribution in [0.3, 0.4) is 0 Å². The maximum atomic E-state index is 11.4. The molecule has 0 bridgehead atoms. The van der Waals surface area contributed by atoms with E-state index in [2.05, 4.69) is 10.2 Å². The van der Waals surface area contributed by atoms with Gasteiger partial charge in [0.1, 0.15) is 0 Å². The molecule has 0 aliphatic carbocycles. The molecule has 2 aromatic rings. The molecule has 0 aliphatic heterocycles. The number of Topliss-reactive ketones (excluding diaryl/α,β-unsaturated/α-hetero) is 1. The molecule has 1 aromatic heterocycles. The van der Waals surface area contributed by atoms with E-state index in [0.29, 0.717) is 6.42 Å². The molecule has 15 heavy (non-hydrogen) atoms. The number of carbonyl (C=O) groups excluding carboxylic acids is 1. The molecule has 0 aliphatic rings. The molecule has 0 N–H and O–H groups in total. The fraction of sp³-hybridized carbons (Fsp3) is 0.182. The van der Waals surface area contributed by atoms with Crippen molar-refractivity contribution >= 4 is 5.78 Å². The molecular formula is C11H11N3O. The van der Waals surface area contributed by atoms with Gasteiger partial charge in [-0.15, -0.1) is 0 Å². The molecule has 1 aromatic carbocycles. The van der Waals surface area contributed by atoms with Crippen LogP contribution in [0.15, 0.2) is 36.7 Å². The van der Waals surface area contributed by atoms with E-state index < -0.39 is 0 Å². The second-order valence-electron chi connectivity index (χ2n) is 3.14. The standard InChI is InChI=1S/C11H11N3O/c1-2-11(15)9-3-5-10(6-4-9)14-12-7-8-13-14/h3-8H,2H2,1H3. The first-order chi connectivity index (χ1) is 7.31. The van der Waals surface area contributed by atoms with Crippen LogP contribution in [-0.4, -0.2) is 20.8 Å². The number of ketones is 1. The quantitative estimate of drug-likeness (QED) is 0.712. The van der Waals surface area contributed by atoms with Gasteiger partial charge >= 0.3 is 0 Å². The Hall–Kier alpha value is -1.97. The van der Waals surface area contributed by atoms with Crippen molar-refractivity contribution in [3.63, 3.8) is 0 Å². The van der Waals surface area contributed by atoms with Gasteiger partial charge in [0, 0.05) is 12.0 Å². The van der Waals surface area contributed by atoms with E-state index in [1.807, 2.05) is 19.1 Å². The third kappa shape index (κ3) is 1.93. The van der Waals surface area contributed by atoms with Gasteiger partial charge in [-0.25, -0.2) is 0 Å². The van der Waals surface area contributed by atoms with Gasteiger partial charge in [0.05, 0.1) is 18.1 Å². The molecule has 1 heterocycles. The van der Waals surface area contributed by atoms with Crippen molar-refractivity contribution in [2.24, 2.45) is 0 Å². The zero-order chi connectivity index (χ0) is 10.7. The fourth-order valence-electron chi connectivity index (χ4n) is 1.33. The number of carbonyl (C=O) groups is 1. The van der Waals surface area contributed by atoms with Crippen molar-refractivity contribution in [1.82, 2.24) is 15.0 Å². The Bertz CT molecular complexity index is 445. The van der Waals surface area contributed by atoms with Crippen LogP contribution in [0, 0.1) is 0 Å².